The van der Waals surface area contributed by atoms with Crippen molar-refractivity contribution < 1.29 is 8.42 Å². The van der Waals surface area contributed by atoms with Crippen LogP contribution in [0.4, 0.5) is 0 Å². The molecule has 4 nitrogen and oxygen atoms in total. The first-order valence-electron chi connectivity index (χ1n) is 6.24. The minimum atomic E-state index is -3.28. The third-order valence-electron chi connectivity index (χ3n) is 3.51. The molecule has 108 valence electrons. The van der Waals surface area contributed by atoms with Crippen LogP contribution in [0.15, 0.2) is 30.3 Å². The Kier molecular flexibility index (Phi) is 5.80. The van der Waals surface area contributed by atoms with Gasteiger partial charge in [0.25, 0.3) is 0 Å². The largest absolute Gasteiger partial charge is 0.329 e. The molecule has 0 radical (unpaired) electrons. The van der Waals surface area contributed by atoms with Gasteiger partial charge in [-0.05, 0) is 24.3 Å². The van der Waals surface area contributed by atoms with Crippen molar-refractivity contribution >= 4 is 22.4 Å². The van der Waals surface area contributed by atoms with Gasteiger partial charge in [0, 0.05) is 19.6 Å². The molecule has 1 aromatic carbocycles. The molecule has 1 aromatic rings. The molecular weight excluding hydrogens is 284 g/mol. The van der Waals surface area contributed by atoms with E-state index >= 15 is 0 Å². The molecule has 0 aliphatic heterocycles. The summed E-state index contributed by atoms with van der Waals surface area (Å²) >= 11 is 0. The molecule has 2 N–H and O–H groups in total. The monoisotopic (exact) mass is 304 g/mol. The summed E-state index contributed by atoms with van der Waals surface area (Å²) in [5.74, 6) is 0.499. The van der Waals surface area contributed by atoms with E-state index in [2.05, 4.69) is 0 Å². The first-order valence-corrected chi connectivity index (χ1v) is 7.85. The molecule has 1 saturated carbocycles. The molecule has 2 rings (SSSR count). The second-order valence-corrected chi connectivity index (χ2v) is 6.93. The molecule has 0 bridgehead atoms. The second-order valence-electron chi connectivity index (χ2n) is 4.90. The van der Waals surface area contributed by atoms with Gasteiger partial charge >= 0.3 is 0 Å². The molecule has 0 aromatic heterocycles. The first kappa shape index (κ1) is 16.4. The van der Waals surface area contributed by atoms with Crippen molar-refractivity contribution in [2.24, 2.45) is 11.7 Å². The molecular formula is C13H21ClN2O2S. The first-order chi connectivity index (χ1) is 8.54. The molecule has 0 spiro atoms. The average molecular weight is 305 g/mol. The molecule has 1 unspecified atom stereocenters. The predicted octanol–water partition coefficient (Wildman–Crippen LogP) is 1.61. The van der Waals surface area contributed by atoms with Crippen molar-refractivity contribution in [2.45, 2.75) is 24.6 Å². The fourth-order valence-electron chi connectivity index (χ4n) is 2.21. The predicted molar refractivity (Wildman–Crippen MR) is 79.6 cm³/mol. The van der Waals surface area contributed by atoms with E-state index in [0.29, 0.717) is 12.5 Å². The zero-order valence-corrected chi connectivity index (χ0v) is 12.7. The highest BCUT2D eigenvalue weighted by atomic mass is 35.5. The highest BCUT2D eigenvalue weighted by molar-refractivity contribution is 7.88. The van der Waals surface area contributed by atoms with E-state index in [1.54, 1.807) is 7.05 Å². The number of nitrogens with zero attached hydrogens (tertiary/aromatic N) is 1. The number of hydrogen-bond acceptors (Lipinski definition) is 3. The normalized spacial score (nSPS) is 17.0. The van der Waals surface area contributed by atoms with Crippen molar-refractivity contribution in [1.29, 1.82) is 0 Å². The van der Waals surface area contributed by atoms with Gasteiger partial charge in [-0.15, -0.1) is 12.4 Å². The van der Waals surface area contributed by atoms with Crippen LogP contribution in [0.3, 0.4) is 0 Å². The fraction of sp³-hybridized carbons (Fsp3) is 0.538. The average Bonchev–Trinajstić information content (AvgIpc) is 3.15. The molecule has 0 saturated heterocycles. The standard InChI is InChI=1S/C13H20N2O2S.ClH/c1-15(13(9-14)12-7-8-12)18(16,17)10-11-5-3-2-4-6-11;/h2-6,12-13H,7-10,14H2,1H3;1H. The summed E-state index contributed by atoms with van der Waals surface area (Å²) in [5.41, 5.74) is 6.51. The molecule has 0 amide bonds. The summed E-state index contributed by atoms with van der Waals surface area (Å²) in [6.45, 7) is 0.398. The molecule has 1 aliphatic carbocycles. The highest BCUT2D eigenvalue weighted by Crippen LogP contribution is 2.35. The molecule has 0 heterocycles. The Hall–Kier alpha value is -0.620. The maximum atomic E-state index is 12.3. The maximum Gasteiger partial charge on any atom is 0.218 e. The van der Waals surface area contributed by atoms with Gasteiger partial charge in [-0.3, -0.25) is 0 Å². The third kappa shape index (κ3) is 4.18. The Labute approximate surface area is 121 Å². The Morgan fingerprint density at radius 2 is 1.89 bits per heavy atom. The quantitative estimate of drug-likeness (QED) is 0.868. The van der Waals surface area contributed by atoms with E-state index < -0.39 is 10.0 Å². The number of sulfonamides is 1. The number of hydrogen-bond donors (Lipinski definition) is 1. The Bertz CT molecular complexity index is 489. The zero-order chi connectivity index (χ0) is 13.2. The highest BCUT2D eigenvalue weighted by Gasteiger charge is 2.37. The van der Waals surface area contributed by atoms with Crippen molar-refractivity contribution in [3.8, 4) is 0 Å². The van der Waals surface area contributed by atoms with Crippen molar-refractivity contribution in [1.82, 2.24) is 4.31 Å². The molecule has 6 heteroatoms. The summed E-state index contributed by atoms with van der Waals surface area (Å²) in [6, 6.07) is 9.21. The lowest BCUT2D eigenvalue weighted by molar-refractivity contribution is 0.340. The van der Waals surface area contributed by atoms with Crippen LogP contribution in [0.2, 0.25) is 0 Å². The van der Waals surface area contributed by atoms with E-state index in [9.17, 15) is 8.42 Å². The molecule has 1 fully saturated rings. The van der Waals surface area contributed by atoms with E-state index in [0.717, 1.165) is 18.4 Å². The van der Waals surface area contributed by atoms with Gasteiger partial charge in [-0.2, -0.15) is 0 Å². The number of nitrogens with two attached hydrogens (primary N) is 1. The van der Waals surface area contributed by atoms with Crippen LogP contribution >= 0.6 is 12.4 Å². The molecule has 1 atom stereocenters. The van der Waals surface area contributed by atoms with Gasteiger partial charge < -0.3 is 5.73 Å². The summed E-state index contributed by atoms with van der Waals surface area (Å²) in [4.78, 5) is 0. The SMILES string of the molecule is CN(C(CN)C1CC1)S(=O)(=O)Cc1ccccc1.Cl. The van der Waals surface area contributed by atoms with E-state index in [1.807, 2.05) is 30.3 Å². The van der Waals surface area contributed by atoms with Crippen LogP contribution in [0, 0.1) is 5.92 Å². The molecule has 19 heavy (non-hydrogen) atoms. The van der Waals surface area contributed by atoms with E-state index in [1.165, 1.54) is 4.31 Å². The smallest absolute Gasteiger partial charge is 0.218 e. The van der Waals surface area contributed by atoms with Crippen LogP contribution in [-0.2, 0) is 15.8 Å². The summed E-state index contributed by atoms with van der Waals surface area (Å²) in [7, 11) is -1.63. The van der Waals surface area contributed by atoms with Gasteiger partial charge in [0.15, 0.2) is 0 Å². The minimum absolute atomic E-state index is 0. The van der Waals surface area contributed by atoms with Crippen LogP contribution in [-0.4, -0.2) is 32.4 Å². The van der Waals surface area contributed by atoms with Crippen LogP contribution < -0.4 is 5.73 Å². The Morgan fingerprint density at radius 3 is 2.37 bits per heavy atom. The Balaban J connectivity index is 0.00000180. The van der Waals surface area contributed by atoms with Crippen LogP contribution in [0.1, 0.15) is 18.4 Å². The third-order valence-corrected chi connectivity index (χ3v) is 5.35. The molecule has 1 aliphatic rings. The lowest BCUT2D eigenvalue weighted by Gasteiger charge is -2.26. The minimum Gasteiger partial charge on any atom is -0.329 e. The lowest BCUT2D eigenvalue weighted by atomic mass is 10.2. The summed E-state index contributed by atoms with van der Waals surface area (Å²) < 4.78 is 26.1. The maximum absolute atomic E-state index is 12.3. The van der Waals surface area contributed by atoms with E-state index in [4.69, 9.17) is 5.73 Å². The summed E-state index contributed by atoms with van der Waals surface area (Å²) in [6.07, 6.45) is 2.18. The van der Waals surface area contributed by atoms with Gasteiger partial charge in [-0.25, -0.2) is 12.7 Å². The van der Waals surface area contributed by atoms with Gasteiger partial charge in [-0.1, -0.05) is 30.3 Å². The van der Waals surface area contributed by atoms with Crippen LogP contribution in [0.5, 0.6) is 0 Å². The van der Waals surface area contributed by atoms with Gasteiger partial charge in [0.2, 0.25) is 10.0 Å². The summed E-state index contributed by atoms with van der Waals surface area (Å²) in [5, 5.41) is 0. The zero-order valence-electron chi connectivity index (χ0n) is 11.0. The van der Waals surface area contributed by atoms with Gasteiger partial charge in [0.1, 0.15) is 0 Å². The topological polar surface area (TPSA) is 63.4 Å². The van der Waals surface area contributed by atoms with E-state index in [-0.39, 0.29) is 24.2 Å². The Morgan fingerprint density at radius 1 is 1.32 bits per heavy atom. The second kappa shape index (κ2) is 6.70. The van der Waals surface area contributed by atoms with Crippen molar-refractivity contribution in [3.05, 3.63) is 35.9 Å². The number of rotatable bonds is 6. The number of benzene rings is 1. The number of halogens is 1. The van der Waals surface area contributed by atoms with Crippen molar-refractivity contribution in [3.63, 3.8) is 0 Å². The number of likely N-dealkylation sites (N-methyl/N-ethyl adjacent to an activating group) is 1. The van der Waals surface area contributed by atoms with Crippen LogP contribution in [0.25, 0.3) is 0 Å². The van der Waals surface area contributed by atoms with Gasteiger partial charge in [0.05, 0.1) is 5.75 Å². The van der Waals surface area contributed by atoms with Crippen molar-refractivity contribution in [2.75, 3.05) is 13.6 Å². The fourth-order valence-corrected chi connectivity index (χ4v) is 3.70. The lowest BCUT2D eigenvalue weighted by Crippen LogP contribution is -2.43.